The number of nitrogens with one attached hydrogen (secondary N) is 1. The quantitative estimate of drug-likeness (QED) is 0.426. The summed E-state index contributed by atoms with van der Waals surface area (Å²) in [6, 6.07) is -0.686. The van der Waals surface area contributed by atoms with E-state index in [2.05, 4.69) is 5.32 Å². The molecule has 4 N–H and O–H groups in total. The highest BCUT2D eigenvalue weighted by molar-refractivity contribution is 6.41. The minimum atomic E-state index is -1.40. The molecule has 2 unspecified atom stereocenters. The first-order valence-electron chi connectivity index (χ1n) is 5.05. The summed E-state index contributed by atoms with van der Waals surface area (Å²) in [5.74, 6) is -0.927. The molecule has 1 saturated heterocycles. The lowest BCUT2D eigenvalue weighted by Crippen LogP contribution is -2.51. The Morgan fingerprint density at radius 1 is 1.53 bits per heavy atom. The molecule has 0 aromatic rings. The van der Waals surface area contributed by atoms with Crippen molar-refractivity contribution in [3.8, 4) is 0 Å². The van der Waals surface area contributed by atoms with Gasteiger partial charge in [-0.1, -0.05) is 0 Å². The Morgan fingerprint density at radius 2 is 2.27 bits per heavy atom. The summed E-state index contributed by atoms with van der Waals surface area (Å²) in [5.41, 5.74) is 0. The van der Waals surface area contributed by atoms with Crippen molar-refractivity contribution in [1.82, 2.24) is 5.32 Å². The Balaban J connectivity index is 2.33. The highest BCUT2D eigenvalue weighted by Gasteiger charge is 2.31. The van der Waals surface area contributed by atoms with Crippen LogP contribution in [-0.4, -0.2) is 53.5 Å². The molecule has 0 amide bonds. The van der Waals surface area contributed by atoms with Crippen LogP contribution in [-0.2, 0) is 9.53 Å². The van der Waals surface area contributed by atoms with Crippen molar-refractivity contribution >= 4 is 13.1 Å². The molecule has 1 aliphatic heterocycles. The molecule has 1 rings (SSSR count). The van der Waals surface area contributed by atoms with E-state index >= 15 is 0 Å². The van der Waals surface area contributed by atoms with E-state index in [-0.39, 0.29) is 19.0 Å². The SMILES string of the molecule is O=C(O)C1NCCCC1OCCB(O)O. The molecule has 7 heteroatoms. The monoisotopic (exact) mass is 217 g/mol. The third-order valence-corrected chi connectivity index (χ3v) is 2.38. The van der Waals surface area contributed by atoms with E-state index in [1.165, 1.54) is 0 Å². The maximum atomic E-state index is 10.8. The van der Waals surface area contributed by atoms with Crippen LogP contribution in [0.1, 0.15) is 12.8 Å². The Labute approximate surface area is 88.4 Å². The lowest BCUT2D eigenvalue weighted by Gasteiger charge is -2.29. The van der Waals surface area contributed by atoms with Crippen LogP contribution in [0.2, 0.25) is 6.32 Å². The molecule has 1 aliphatic rings. The largest absolute Gasteiger partial charge is 0.480 e. The molecule has 6 nitrogen and oxygen atoms in total. The first kappa shape index (κ1) is 12.4. The van der Waals surface area contributed by atoms with Gasteiger partial charge in [-0.2, -0.15) is 0 Å². The van der Waals surface area contributed by atoms with Crippen LogP contribution in [0.4, 0.5) is 0 Å². The van der Waals surface area contributed by atoms with Crippen molar-refractivity contribution in [2.24, 2.45) is 0 Å². The summed E-state index contributed by atoms with van der Waals surface area (Å²) in [6.07, 6.45) is 1.28. The lowest BCUT2D eigenvalue weighted by molar-refractivity contribution is -0.145. The van der Waals surface area contributed by atoms with Gasteiger partial charge in [0.05, 0.1) is 6.10 Å². The summed E-state index contributed by atoms with van der Waals surface area (Å²) in [5, 5.41) is 28.9. The minimum Gasteiger partial charge on any atom is -0.480 e. The summed E-state index contributed by atoms with van der Waals surface area (Å²) >= 11 is 0. The van der Waals surface area contributed by atoms with Crippen molar-refractivity contribution in [3.05, 3.63) is 0 Å². The number of aliphatic carboxylic acids is 1. The number of hydrogen-bond donors (Lipinski definition) is 4. The Morgan fingerprint density at radius 3 is 2.87 bits per heavy atom. The van der Waals surface area contributed by atoms with Gasteiger partial charge in [-0.05, 0) is 19.4 Å². The Hall–Kier alpha value is -0.625. The van der Waals surface area contributed by atoms with Crippen LogP contribution in [0.5, 0.6) is 0 Å². The van der Waals surface area contributed by atoms with Crippen molar-refractivity contribution in [1.29, 1.82) is 0 Å². The molecular formula is C8H16BNO5. The molecule has 1 fully saturated rings. The van der Waals surface area contributed by atoms with E-state index in [1.54, 1.807) is 0 Å². The van der Waals surface area contributed by atoms with Gasteiger partial charge in [0.1, 0.15) is 6.04 Å². The molecule has 0 aromatic heterocycles. The van der Waals surface area contributed by atoms with Crippen molar-refractivity contribution in [2.75, 3.05) is 13.2 Å². The Bertz CT molecular complexity index is 213. The van der Waals surface area contributed by atoms with Gasteiger partial charge in [0.25, 0.3) is 0 Å². The highest BCUT2D eigenvalue weighted by atomic mass is 16.5. The van der Waals surface area contributed by atoms with E-state index in [1.807, 2.05) is 0 Å². The number of carbonyl (C=O) groups is 1. The summed E-state index contributed by atoms with van der Waals surface area (Å²) < 4.78 is 5.30. The van der Waals surface area contributed by atoms with Gasteiger partial charge in [0, 0.05) is 12.9 Å². The second-order valence-electron chi connectivity index (χ2n) is 3.59. The first-order chi connectivity index (χ1) is 7.11. The van der Waals surface area contributed by atoms with E-state index < -0.39 is 19.1 Å². The van der Waals surface area contributed by atoms with E-state index in [4.69, 9.17) is 19.9 Å². The molecule has 86 valence electrons. The van der Waals surface area contributed by atoms with Crippen LogP contribution in [0, 0.1) is 0 Å². The maximum absolute atomic E-state index is 10.8. The van der Waals surface area contributed by atoms with Crippen LogP contribution in [0.25, 0.3) is 0 Å². The molecule has 0 spiro atoms. The fourth-order valence-corrected chi connectivity index (χ4v) is 1.61. The topological polar surface area (TPSA) is 99.0 Å². The zero-order chi connectivity index (χ0) is 11.3. The van der Waals surface area contributed by atoms with Gasteiger partial charge < -0.3 is 25.2 Å². The second kappa shape index (κ2) is 6.07. The van der Waals surface area contributed by atoms with E-state index in [0.717, 1.165) is 6.42 Å². The van der Waals surface area contributed by atoms with Gasteiger partial charge in [0.15, 0.2) is 0 Å². The third kappa shape index (κ3) is 4.17. The number of rotatable bonds is 5. The maximum Gasteiger partial charge on any atom is 0.453 e. The molecule has 2 atom stereocenters. The number of ether oxygens (including phenoxy) is 1. The fourth-order valence-electron chi connectivity index (χ4n) is 1.61. The molecule has 0 aromatic carbocycles. The van der Waals surface area contributed by atoms with Gasteiger partial charge in [-0.25, -0.2) is 0 Å². The zero-order valence-corrected chi connectivity index (χ0v) is 8.43. The average Bonchev–Trinajstić information content (AvgIpc) is 2.17. The molecule has 0 aliphatic carbocycles. The standard InChI is InChI=1S/C8H16BNO5/c11-8(12)7-6(2-1-4-10-7)15-5-3-9(13)14/h6-7,10,13-14H,1-5H2,(H,11,12). The van der Waals surface area contributed by atoms with Crippen LogP contribution < -0.4 is 5.32 Å². The summed E-state index contributed by atoms with van der Waals surface area (Å²) in [4.78, 5) is 10.8. The second-order valence-corrected chi connectivity index (χ2v) is 3.59. The highest BCUT2D eigenvalue weighted by Crippen LogP contribution is 2.13. The van der Waals surface area contributed by atoms with Gasteiger partial charge in [-0.15, -0.1) is 0 Å². The minimum absolute atomic E-state index is 0.100. The summed E-state index contributed by atoms with van der Waals surface area (Å²) in [6.45, 7) is 0.841. The first-order valence-corrected chi connectivity index (χ1v) is 5.05. The molecule has 0 radical (unpaired) electrons. The zero-order valence-electron chi connectivity index (χ0n) is 8.43. The smallest absolute Gasteiger partial charge is 0.453 e. The predicted molar refractivity (Wildman–Crippen MR) is 53.4 cm³/mol. The lowest BCUT2D eigenvalue weighted by atomic mass is 9.87. The molecular weight excluding hydrogens is 201 g/mol. The molecule has 0 bridgehead atoms. The molecule has 1 heterocycles. The molecule has 0 saturated carbocycles. The van der Waals surface area contributed by atoms with Crippen LogP contribution in [0.15, 0.2) is 0 Å². The van der Waals surface area contributed by atoms with Crippen molar-refractivity contribution < 1.29 is 24.7 Å². The number of piperidine rings is 1. The third-order valence-electron chi connectivity index (χ3n) is 2.38. The van der Waals surface area contributed by atoms with Gasteiger partial charge in [0.2, 0.25) is 0 Å². The molecule has 15 heavy (non-hydrogen) atoms. The van der Waals surface area contributed by atoms with Crippen molar-refractivity contribution in [3.63, 3.8) is 0 Å². The van der Waals surface area contributed by atoms with Crippen LogP contribution in [0.3, 0.4) is 0 Å². The van der Waals surface area contributed by atoms with Gasteiger partial charge >= 0.3 is 13.1 Å². The average molecular weight is 217 g/mol. The van der Waals surface area contributed by atoms with Gasteiger partial charge in [-0.3, -0.25) is 4.79 Å². The van der Waals surface area contributed by atoms with E-state index in [9.17, 15) is 4.79 Å². The predicted octanol–water partition coefficient (Wildman–Crippen LogP) is -1.32. The number of carboxylic acid groups (broad SMARTS) is 1. The summed E-state index contributed by atoms with van der Waals surface area (Å²) in [7, 11) is -1.40. The Kier molecular flexibility index (Phi) is 5.03. The van der Waals surface area contributed by atoms with Crippen LogP contribution >= 0.6 is 0 Å². The van der Waals surface area contributed by atoms with Crippen molar-refractivity contribution in [2.45, 2.75) is 31.3 Å². The fraction of sp³-hybridized carbons (Fsp3) is 0.875. The number of carboxylic acids is 1. The number of hydrogen-bond acceptors (Lipinski definition) is 5. The normalized spacial score (nSPS) is 26.3. The van der Waals surface area contributed by atoms with E-state index in [0.29, 0.717) is 13.0 Å².